The lowest BCUT2D eigenvalue weighted by Crippen LogP contribution is -2.25. The summed E-state index contributed by atoms with van der Waals surface area (Å²) < 4.78 is 5.42. The molecule has 1 saturated carbocycles. The minimum atomic E-state index is -0.326. The van der Waals surface area contributed by atoms with Crippen LogP contribution in [0.4, 0.5) is 5.69 Å². The monoisotopic (exact) mass is 392 g/mol. The summed E-state index contributed by atoms with van der Waals surface area (Å²) in [4.78, 5) is 26.0. The van der Waals surface area contributed by atoms with E-state index in [1.54, 1.807) is 36.0 Å². The number of hydrogen-bond donors (Lipinski definition) is 2. The quantitative estimate of drug-likeness (QED) is 0.571. The smallest absolute Gasteiger partial charge is 0.291 e. The zero-order chi connectivity index (χ0) is 19.3. The van der Waals surface area contributed by atoms with Crippen LogP contribution in [0.5, 0.6) is 0 Å². The highest BCUT2D eigenvalue weighted by Gasteiger charge is 2.24. The van der Waals surface area contributed by atoms with Crippen molar-refractivity contribution < 1.29 is 14.0 Å². The second kappa shape index (κ2) is 8.35. The highest BCUT2D eigenvalue weighted by molar-refractivity contribution is 7.98. The molecule has 1 fully saturated rings. The third-order valence-electron chi connectivity index (χ3n) is 4.39. The molecule has 1 aliphatic carbocycles. The molecule has 1 heterocycles. The largest absolute Gasteiger partial charge is 0.459 e. The third-order valence-corrected chi connectivity index (χ3v) is 5.45. The summed E-state index contributed by atoms with van der Waals surface area (Å²) in [6.45, 7) is 0. The fourth-order valence-electron chi connectivity index (χ4n) is 2.75. The minimum Gasteiger partial charge on any atom is -0.459 e. The Morgan fingerprint density at radius 3 is 2.61 bits per heavy atom. The van der Waals surface area contributed by atoms with Gasteiger partial charge in [0.15, 0.2) is 5.76 Å². The molecule has 2 aromatic carbocycles. The summed E-state index contributed by atoms with van der Waals surface area (Å²) in [6, 6.07) is 19.0. The van der Waals surface area contributed by atoms with Gasteiger partial charge in [-0.05, 0) is 49.2 Å². The Bertz CT molecular complexity index is 980. The van der Waals surface area contributed by atoms with Crippen LogP contribution in [-0.4, -0.2) is 17.9 Å². The standard InChI is InChI=1S/C22H20N2O3S/c25-21(23-17-9-10-17)15-5-4-6-18(13-15)24-22(26)20-16(11-12-27-20)14-28-19-7-2-1-3-8-19/h1-8,11-13,17H,9-10,14H2,(H,23,25)(H,24,26). The van der Waals surface area contributed by atoms with Gasteiger partial charge in [0.1, 0.15) is 0 Å². The van der Waals surface area contributed by atoms with Gasteiger partial charge in [0, 0.05) is 33.5 Å². The van der Waals surface area contributed by atoms with E-state index in [9.17, 15) is 9.59 Å². The predicted molar refractivity (Wildman–Crippen MR) is 110 cm³/mol. The first kappa shape index (κ1) is 18.4. The van der Waals surface area contributed by atoms with Crippen LogP contribution in [0.15, 0.2) is 76.2 Å². The number of carbonyl (C=O) groups excluding carboxylic acids is 2. The van der Waals surface area contributed by atoms with E-state index >= 15 is 0 Å². The van der Waals surface area contributed by atoms with E-state index in [4.69, 9.17) is 4.42 Å². The molecule has 1 aromatic heterocycles. The number of furan rings is 1. The number of nitrogens with one attached hydrogen (secondary N) is 2. The molecule has 0 bridgehead atoms. The SMILES string of the molecule is O=C(NC1CC1)c1cccc(NC(=O)c2occc2CSc2ccccc2)c1. The van der Waals surface area contributed by atoms with Crippen molar-refractivity contribution in [1.82, 2.24) is 5.32 Å². The molecule has 5 nitrogen and oxygen atoms in total. The minimum absolute atomic E-state index is 0.114. The molecule has 2 N–H and O–H groups in total. The number of benzene rings is 2. The molecule has 0 spiro atoms. The van der Waals surface area contributed by atoms with Gasteiger partial charge in [-0.15, -0.1) is 11.8 Å². The maximum Gasteiger partial charge on any atom is 0.291 e. The summed E-state index contributed by atoms with van der Waals surface area (Å²) >= 11 is 1.64. The maximum atomic E-state index is 12.7. The molecule has 0 radical (unpaired) electrons. The first-order valence-electron chi connectivity index (χ1n) is 9.15. The van der Waals surface area contributed by atoms with Crippen molar-refractivity contribution in [1.29, 1.82) is 0 Å². The molecular formula is C22H20N2O3S. The fraction of sp³-hybridized carbons (Fsp3) is 0.182. The summed E-state index contributed by atoms with van der Waals surface area (Å²) in [5.74, 6) is 0.480. The van der Waals surface area contributed by atoms with Crippen molar-refractivity contribution in [3.8, 4) is 0 Å². The highest BCUT2D eigenvalue weighted by Crippen LogP contribution is 2.25. The topological polar surface area (TPSA) is 71.3 Å². The molecule has 2 amide bonds. The van der Waals surface area contributed by atoms with E-state index in [1.807, 2.05) is 36.4 Å². The first-order chi connectivity index (χ1) is 13.7. The van der Waals surface area contributed by atoms with Crippen molar-refractivity contribution in [3.05, 3.63) is 83.8 Å². The van der Waals surface area contributed by atoms with Crippen LogP contribution in [0, 0.1) is 0 Å². The van der Waals surface area contributed by atoms with Gasteiger partial charge in [-0.1, -0.05) is 24.3 Å². The molecule has 6 heteroatoms. The van der Waals surface area contributed by atoms with Crippen molar-refractivity contribution in [2.75, 3.05) is 5.32 Å². The predicted octanol–water partition coefficient (Wildman–Crippen LogP) is 4.72. The lowest BCUT2D eigenvalue weighted by Gasteiger charge is -2.08. The molecule has 0 saturated heterocycles. The Balaban J connectivity index is 1.41. The molecule has 3 aromatic rings. The van der Waals surface area contributed by atoms with Gasteiger partial charge in [-0.25, -0.2) is 0 Å². The van der Waals surface area contributed by atoms with E-state index in [1.165, 1.54) is 6.26 Å². The van der Waals surface area contributed by atoms with E-state index in [0.29, 0.717) is 23.0 Å². The summed E-state index contributed by atoms with van der Waals surface area (Å²) in [5, 5.41) is 5.77. The van der Waals surface area contributed by atoms with Crippen LogP contribution in [-0.2, 0) is 5.75 Å². The lowest BCUT2D eigenvalue weighted by molar-refractivity contribution is 0.0949. The second-order valence-corrected chi connectivity index (χ2v) is 7.71. The van der Waals surface area contributed by atoms with E-state index in [2.05, 4.69) is 10.6 Å². The summed E-state index contributed by atoms with van der Waals surface area (Å²) in [6.07, 6.45) is 3.59. The van der Waals surface area contributed by atoms with Gasteiger partial charge in [0.25, 0.3) is 11.8 Å². The number of amides is 2. The Kier molecular flexibility index (Phi) is 5.48. The molecule has 4 rings (SSSR count). The average molecular weight is 392 g/mol. The Hall–Kier alpha value is -2.99. The van der Waals surface area contributed by atoms with Gasteiger partial charge < -0.3 is 15.1 Å². The molecule has 0 aliphatic heterocycles. The van der Waals surface area contributed by atoms with Gasteiger partial charge in [0.05, 0.1) is 6.26 Å². The van der Waals surface area contributed by atoms with Crippen LogP contribution >= 0.6 is 11.8 Å². The third kappa shape index (κ3) is 4.64. The maximum absolute atomic E-state index is 12.7. The molecule has 0 atom stereocenters. The zero-order valence-corrected chi connectivity index (χ0v) is 16.0. The van der Waals surface area contributed by atoms with Gasteiger partial charge in [-0.3, -0.25) is 9.59 Å². The number of thioether (sulfide) groups is 1. The van der Waals surface area contributed by atoms with Crippen molar-refractivity contribution >= 4 is 29.3 Å². The van der Waals surface area contributed by atoms with Crippen molar-refractivity contribution in [3.63, 3.8) is 0 Å². The molecule has 1 aliphatic rings. The van der Waals surface area contributed by atoms with Crippen LogP contribution in [0.25, 0.3) is 0 Å². The molecular weight excluding hydrogens is 372 g/mol. The lowest BCUT2D eigenvalue weighted by atomic mass is 10.2. The number of hydrogen-bond acceptors (Lipinski definition) is 4. The molecule has 142 valence electrons. The van der Waals surface area contributed by atoms with E-state index in [0.717, 1.165) is 23.3 Å². The first-order valence-corrected chi connectivity index (χ1v) is 10.1. The van der Waals surface area contributed by atoms with E-state index in [-0.39, 0.29) is 17.6 Å². The van der Waals surface area contributed by atoms with Crippen LogP contribution in [0.2, 0.25) is 0 Å². The van der Waals surface area contributed by atoms with Crippen molar-refractivity contribution in [2.24, 2.45) is 0 Å². The fourth-order valence-corrected chi connectivity index (χ4v) is 3.65. The van der Waals surface area contributed by atoms with E-state index < -0.39 is 0 Å². The molecule has 28 heavy (non-hydrogen) atoms. The van der Waals surface area contributed by atoms with Gasteiger partial charge >= 0.3 is 0 Å². The Morgan fingerprint density at radius 2 is 1.82 bits per heavy atom. The molecule has 0 unspecified atom stereocenters. The number of rotatable bonds is 7. The van der Waals surface area contributed by atoms with Crippen molar-refractivity contribution in [2.45, 2.75) is 29.5 Å². The Labute approximate surface area is 167 Å². The zero-order valence-electron chi connectivity index (χ0n) is 15.2. The summed E-state index contributed by atoms with van der Waals surface area (Å²) in [5.41, 5.74) is 1.92. The number of carbonyl (C=O) groups is 2. The summed E-state index contributed by atoms with van der Waals surface area (Å²) in [7, 11) is 0. The second-order valence-electron chi connectivity index (χ2n) is 6.66. The van der Waals surface area contributed by atoms with Crippen LogP contribution in [0.1, 0.15) is 39.3 Å². The van der Waals surface area contributed by atoms with Crippen LogP contribution < -0.4 is 10.6 Å². The average Bonchev–Trinajstić information content (AvgIpc) is 3.40. The number of anilines is 1. The normalized spacial score (nSPS) is 13.1. The Morgan fingerprint density at radius 1 is 1.00 bits per heavy atom. The van der Waals surface area contributed by atoms with Gasteiger partial charge in [0.2, 0.25) is 0 Å². The van der Waals surface area contributed by atoms with Crippen LogP contribution in [0.3, 0.4) is 0 Å². The highest BCUT2D eigenvalue weighted by atomic mass is 32.2. The van der Waals surface area contributed by atoms with Gasteiger partial charge in [-0.2, -0.15) is 0 Å².